The van der Waals surface area contributed by atoms with Crippen molar-refractivity contribution in [2.45, 2.75) is 33.1 Å². The third-order valence-corrected chi connectivity index (χ3v) is 1.72. The lowest BCUT2D eigenvalue weighted by atomic mass is 10.2. The van der Waals surface area contributed by atoms with Gasteiger partial charge in [-0.25, -0.2) is 0 Å². The van der Waals surface area contributed by atoms with Crippen molar-refractivity contribution >= 4 is 0 Å². The van der Waals surface area contributed by atoms with Crippen LogP contribution < -0.4 is 0 Å². The summed E-state index contributed by atoms with van der Waals surface area (Å²) in [6.07, 6.45) is 7.74. The van der Waals surface area contributed by atoms with Gasteiger partial charge in [0.15, 0.2) is 0 Å². The molecule has 0 aromatic rings. The lowest BCUT2D eigenvalue weighted by Gasteiger charge is -2.00. The second-order valence-electron chi connectivity index (χ2n) is 3.13. The SMILES string of the molecule is CC(C)=CCCC1=CCCO1. The zero-order valence-corrected chi connectivity index (χ0v) is 7.39. The van der Waals surface area contributed by atoms with Crippen LogP contribution in [0.25, 0.3) is 0 Å². The van der Waals surface area contributed by atoms with Gasteiger partial charge in [-0.05, 0) is 26.3 Å². The Bertz CT molecular complexity index is 173. The minimum Gasteiger partial charge on any atom is -0.498 e. The van der Waals surface area contributed by atoms with Crippen molar-refractivity contribution in [1.82, 2.24) is 0 Å². The summed E-state index contributed by atoms with van der Waals surface area (Å²) in [6, 6.07) is 0. The van der Waals surface area contributed by atoms with E-state index in [9.17, 15) is 0 Å². The molecule has 1 aliphatic heterocycles. The number of hydrogen-bond donors (Lipinski definition) is 0. The van der Waals surface area contributed by atoms with E-state index in [1.54, 1.807) is 0 Å². The Morgan fingerprint density at radius 3 is 3.00 bits per heavy atom. The van der Waals surface area contributed by atoms with Gasteiger partial charge in [0, 0.05) is 12.8 Å². The Morgan fingerprint density at radius 1 is 1.64 bits per heavy atom. The van der Waals surface area contributed by atoms with Crippen molar-refractivity contribution in [3.8, 4) is 0 Å². The number of hydrogen-bond acceptors (Lipinski definition) is 1. The lowest BCUT2D eigenvalue weighted by Crippen LogP contribution is -1.84. The average Bonchev–Trinajstić information content (AvgIpc) is 2.39. The summed E-state index contributed by atoms with van der Waals surface area (Å²) in [7, 11) is 0. The van der Waals surface area contributed by atoms with Gasteiger partial charge in [-0.15, -0.1) is 0 Å². The molecule has 0 aromatic carbocycles. The monoisotopic (exact) mass is 152 g/mol. The number of allylic oxidation sites excluding steroid dienone is 3. The van der Waals surface area contributed by atoms with Crippen LogP contribution in [0, 0.1) is 0 Å². The molecule has 0 fully saturated rings. The van der Waals surface area contributed by atoms with E-state index in [0.717, 1.165) is 25.9 Å². The van der Waals surface area contributed by atoms with Crippen molar-refractivity contribution in [1.29, 1.82) is 0 Å². The molecule has 11 heavy (non-hydrogen) atoms. The highest BCUT2D eigenvalue weighted by Gasteiger charge is 2.02. The molecule has 0 amide bonds. The van der Waals surface area contributed by atoms with E-state index in [-0.39, 0.29) is 0 Å². The molecule has 1 aliphatic rings. The smallest absolute Gasteiger partial charge is 0.0924 e. The normalized spacial score (nSPS) is 15.6. The molecule has 62 valence electrons. The van der Waals surface area contributed by atoms with Gasteiger partial charge in [0.25, 0.3) is 0 Å². The van der Waals surface area contributed by atoms with Crippen molar-refractivity contribution in [3.63, 3.8) is 0 Å². The molecule has 1 rings (SSSR count). The molecule has 0 saturated heterocycles. The van der Waals surface area contributed by atoms with Gasteiger partial charge < -0.3 is 4.74 Å². The Morgan fingerprint density at radius 2 is 2.45 bits per heavy atom. The second-order valence-corrected chi connectivity index (χ2v) is 3.13. The first kappa shape index (κ1) is 8.38. The van der Waals surface area contributed by atoms with E-state index in [1.165, 1.54) is 11.3 Å². The van der Waals surface area contributed by atoms with Crippen molar-refractivity contribution in [2.24, 2.45) is 0 Å². The van der Waals surface area contributed by atoms with Crippen LogP contribution in [0.3, 0.4) is 0 Å². The molecule has 1 heteroatoms. The molecular formula is C10H16O. The zero-order valence-electron chi connectivity index (χ0n) is 7.39. The largest absolute Gasteiger partial charge is 0.498 e. The first-order chi connectivity index (χ1) is 5.29. The Kier molecular flexibility index (Phi) is 3.21. The van der Waals surface area contributed by atoms with Gasteiger partial charge in [0.2, 0.25) is 0 Å². The van der Waals surface area contributed by atoms with Crippen LogP contribution >= 0.6 is 0 Å². The molecule has 0 spiro atoms. The topological polar surface area (TPSA) is 9.23 Å². The van der Waals surface area contributed by atoms with Crippen LogP contribution in [0.4, 0.5) is 0 Å². The Hall–Kier alpha value is -0.720. The van der Waals surface area contributed by atoms with Gasteiger partial charge in [0.05, 0.1) is 12.4 Å². The van der Waals surface area contributed by atoms with Crippen LogP contribution in [0.5, 0.6) is 0 Å². The first-order valence-electron chi connectivity index (χ1n) is 4.24. The highest BCUT2D eigenvalue weighted by atomic mass is 16.5. The summed E-state index contributed by atoms with van der Waals surface area (Å²) in [6.45, 7) is 5.15. The molecule has 0 unspecified atom stereocenters. The van der Waals surface area contributed by atoms with Crippen LogP contribution in [-0.2, 0) is 4.74 Å². The summed E-state index contributed by atoms with van der Waals surface area (Å²) in [5, 5.41) is 0. The fourth-order valence-electron chi connectivity index (χ4n) is 1.15. The average molecular weight is 152 g/mol. The van der Waals surface area contributed by atoms with Crippen molar-refractivity contribution in [2.75, 3.05) is 6.61 Å². The Balaban J connectivity index is 2.17. The van der Waals surface area contributed by atoms with Crippen LogP contribution in [0.1, 0.15) is 33.1 Å². The van der Waals surface area contributed by atoms with Gasteiger partial charge in [-0.3, -0.25) is 0 Å². The van der Waals surface area contributed by atoms with Gasteiger partial charge in [-0.2, -0.15) is 0 Å². The highest BCUT2D eigenvalue weighted by molar-refractivity contribution is 5.01. The second kappa shape index (κ2) is 4.22. The summed E-state index contributed by atoms with van der Waals surface area (Å²) < 4.78 is 5.37. The molecule has 0 radical (unpaired) electrons. The van der Waals surface area contributed by atoms with E-state index in [4.69, 9.17) is 4.74 Å². The molecule has 0 bridgehead atoms. The molecule has 0 N–H and O–H groups in total. The highest BCUT2D eigenvalue weighted by Crippen LogP contribution is 2.15. The van der Waals surface area contributed by atoms with Crippen molar-refractivity contribution in [3.05, 3.63) is 23.5 Å². The minimum absolute atomic E-state index is 0.893. The first-order valence-corrected chi connectivity index (χ1v) is 4.24. The fraction of sp³-hybridized carbons (Fsp3) is 0.600. The van der Waals surface area contributed by atoms with E-state index in [0.29, 0.717) is 0 Å². The summed E-state index contributed by atoms with van der Waals surface area (Å²) >= 11 is 0. The minimum atomic E-state index is 0.893. The zero-order chi connectivity index (χ0) is 8.10. The number of rotatable bonds is 3. The van der Waals surface area contributed by atoms with Crippen molar-refractivity contribution < 1.29 is 4.74 Å². The molecule has 0 atom stereocenters. The Labute approximate surface area is 68.8 Å². The van der Waals surface area contributed by atoms with Gasteiger partial charge >= 0.3 is 0 Å². The third kappa shape index (κ3) is 3.26. The van der Waals surface area contributed by atoms with Crippen LogP contribution in [0.2, 0.25) is 0 Å². The summed E-state index contributed by atoms with van der Waals surface area (Å²) in [5.74, 6) is 1.18. The predicted molar refractivity (Wildman–Crippen MR) is 47.3 cm³/mol. The predicted octanol–water partition coefficient (Wildman–Crippen LogP) is 3.04. The molecule has 1 heterocycles. The molecule has 0 aromatic heterocycles. The van der Waals surface area contributed by atoms with E-state index in [2.05, 4.69) is 26.0 Å². The molecular weight excluding hydrogens is 136 g/mol. The van der Waals surface area contributed by atoms with Gasteiger partial charge in [-0.1, -0.05) is 11.6 Å². The van der Waals surface area contributed by atoms with E-state index < -0.39 is 0 Å². The van der Waals surface area contributed by atoms with Crippen LogP contribution in [0.15, 0.2) is 23.5 Å². The molecule has 1 nitrogen and oxygen atoms in total. The quantitative estimate of drug-likeness (QED) is 0.565. The third-order valence-electron chi connectivity index (χ3n) is 1.72. The maximum Gasteiger partial charge on any atom is 0.0924 e. The number of ether oxygens (including phenoxy) is 1. The lowest BCUT2D eigenvalue weighted by molar-refractivity contribution is 0.234. The molecule has 0 saturated carbocycles. The maximum atomic E-state index is 5.37. The standard InChI is InChI=1S/C10H16O/c1-9(2)5-3-6-10-7-4-8-11-10/h5,7H,3-4,6,8H2,1-2H3. The van der Waals surface area contributed by atoms with E-state index >= 15 is 0 Å². The fourth-order valence-corrected chi connectivity index (χ4v) is 1.15. The van der Waals surface area contributed by atoms with E-state index in [1.807, 2.05) is 0 Å². The van der Waals surface area contributed by atoms with Crippen LogP contribution in [-0.4, -0.2) is 6.61 Å². The van der Waals surface area contributed by atoms with Gasteiger partial charge in [0.1, 0.15) is 0 Å². The maximum absolute atomic E-state index is 5.37. The molecule has 0 aliphatic carbocycles. The summed E-state index contributed by atoms with van der Waals surface area (Å²) in [5.41, 5.74) is 1.39. The summed E-state index contributed by atoms with van der Waals surface area (Å²) in [4.78, 5) is 0.